The molecule has 0 spiro atoms. The van der Waals surface area contributed by atoms with E-state index in [4.69, 9.17) is 4.42 Å². The van der Waals surface area contributed by atoms with Crippen LogP contribution in [0.5, 0.6) is 0 Å². The molecule has 0 radical (unpaired) electrons. The van der Waals surface area contributed by atoms with Gasteiger partial charge in [-0.25, -0.2) is 0 Å². The predicted octanol–water partition coefficient (Wildman–Crippen LogP) is 17.2. The van der Waals surface area contributed by atoms with Crippen molar-refractivity contribution >= 4 is 81.3 Å². The molecule has 0 amide bonds. The van der Waals surface area contributed by atoms with Gasteiger partial charge in [-0.05, 0) is 92.7 Å². The lowest BCUT2D eigenvalue weighted by atomic mass is 9.90. The number of fused-ring (bicyclic) bond motifs is 7. The molecule has 61 heavy (non-hydrogen) atoms. The lowest BCUT2D eigenvalue weighted by Gasteiger charge is -2.30. The van der Waals surface area contributed by atoms with Crippen molar-refractivity contribution in [2.24, 2.45) is 0 Å². The number of hydrogen-bond donors (Lipinski definition) is 0. The average Bonchev–Trinajstić information content (AvgIpc) is 3.90. The van der Waals surface area contributed by atoms with Gasteiger partial charge in [0.25, 0.3) is 0 Å². The topological polar surface area (TPSA) is 16.4 Å². The van der Waals surface area contributed by atoms with Gasteiger partial charge in [-0.1, -0.05) is 176 Å². The molecule has 0 saturated carbocycles. The number of anilines is 3. The van der Waals surface area contributed by atoms with Crippen LogP contribution in [0.15, 0.2) is 229 Å². The van der Waals surface area contributed by atoms with E-state index >= 15 is 0 Å². The Balaban J connectivity index is 1.07. The maximum atomic E-state index is 6.44. The largest absolute Gasteiger partial charge is 0.456 e. The summed E-state index contributed by atoms with van der Waals surface area (Å²) in [6.07, 6.45) is 0. The number of nitrogens with zero attached hydrogens (tertiary/aromatic N) is 1. The molecule has 0 aliphatic rings. The molecule has 286 valence electrons. The standard InChI is InChI=1S/C58H37NOS/c1-2-15-38(16-3-1)44-23-12-17-40-18-13-25-50(57(40)44)46-20-5-9-28-53(46)59(42-34-31-39(32-35-42)45-24-14-26-51-49-22-7-11-30-56(49)61-58(45)51)52-27-8-4-19-43(52)41-33-36-48-47-21-6-10-29-54(47)60-55(48)37-41/h1-37H. The normalized spacial score (nSPS) is 11.6. The van der Waals surface area contributed by atoms with E-state index in [9.17, 15) is 0 Å². The Labute approximate surface area is 357 Å². The third-order valence-electron chi connectivity index (χ3n) is 12.1. The number of thiophene rings is 1. The smallest absolute Gasteiger partial charge is 0.136 e. The van der Waals surface area contributed by atoms with Crippen molar-refractivity contribution in [2.45, 2.75) is 0 Å². The maximum Gasteiger partial charge on any atom is 0.136 e. The lowest BCUT2D eigenvalue weighted by molar-refractivity contribution is 0.669. The van der Waals surface area contributed by atoms with E-state index in [2.05, 4.69) is 217 Å². The first kappa shape index (κ1) is 35.2. The van der Waals surface area contributed by atoms with Crippen LogP contribution in [0.3, 0.4) is 0 Å². The Morgan fingerprint density at radius 1 is 0.344 bits per heavy atom. The zero-order valence-electron chi connectivity index (χ0n) is 33.1. The van der Waals surface area contributed by atoms with Gasteiger partial charge < -0.3 is 9.32 Å². The van der Waals surface area contributed by atoms with Gasteiger partial charge in [0.15, 0.2) is 0 Å². The minimum absolute atomic E-state index is 0.879. The van der Waals surface area contributed by atoms with E-state index in [0.29, 0.717) is 0 Å². The zero-order valence-corrected chi connectivity index (χ0v) is 33.9. The van der Waals surface area contributed by atoms with Crippen LogP contribution in [0.25, 0.3) is 97.4 Å². The number of benzene rings is 10. The minimum Gasteiger partial charge on any atom is -0.456 e. The Morgan fingerprint density at radius 3 is 1.75 bits per heavy atom. The molecule has 0 unspecified atom stereocenters. The van der Waals surface area contributed by atoms with Crippen LogP contribution in [-0.4, -0.2) is 0 Å². The van der Waals surface area contributed by atoms with E-state index in [-0.39, 0.29) is 0 Å². The van der Waals surface area contributed by atoms with Crippen molar-refractivity contribution in [1.82, 2.24) is 0 Å². The quantitative estimate of drug-likeness (QED) is 0.160. The zero-order chi connectivity index (χ0) is 40.3. The molecule has 2 nitrogen and oxygen atoms in total. The molecule has 0 aliphatic heterocycles. The Hall–Kier alpha value is -7.72. The first-order chi connectivity index (χ1) is 30.3. The fourth-order valence-corrected chi connectivity index (χ4v) is 10.5. The monoisotopic (exact) mass is 795 g/mol. The molecular formula is C58H37NOS. The number of furan rings is 1. The first-order valence-electron chi connectivity index (χ1n) is 20.7. The molecule has 0 aliphatic carbocycles. The number of para-hydroxylation sites is 3. The summed E-state index contributed by atoms with van der Waals surface area (Å²) in [6.45, 7) is 0. The molecule has 2 heterocycles. The fourth-order valence-electron chi connectivity index (χ4n) is 9.30. The van der Waals surface area contributed by atoms with Gasteiger partial charge in [0.05, 0.1) is 11.4 Å². The van der Waals surface area contributed by atoms with Gasteiger partial charge in [0.1, 0.15) is 11.2 Å². The first-order valence-corrected chi connectivity index (χ1v) is 21.6. The van der Waals surface area contributed by atoms with Crippen molar-refractivity contribution in [3.63, 3.8) is 0 Å². The Kier molecular flexibility index (Phi) is 8.39. The SMILES string of the molecule is c1ccc(-c2cccc3cccc(-c4ccccc4N(c4ccc(-c5cccc6c5sc5ccccc56)cc4)c4ccccc4-c4ccc5c(c4)oc4ccccc45)c23)cc1. The van der Waals surface area contributed by atoms with E-state index in [1.807, 2.05) is 23.5 Å². The van der Waals surface area contributed by atoms with Crippen LogP contribution >= 0.6 is 11.3 Å². The van der Waals surface area contributed by atoms with Crippen LogP contribution in [0, 0.1) is 0 Å². The fraction of sp³-hybridized carbons (Fsp3) is 0. The van der Waals surface area contributed by atoms with E-state index in [0.717, 1.165) is 55.7 Å². The molecule has 0 saturated heterocycles. The highest BCUT2D eigenvalue weighted by Gasteiger charge is 2.23. The highest BCUT2D eigenvalue weighted by atomic mass is 32.1. The third kappa shape index (κ3) is 5.93. The highest BCUT2D eigenvalue weighted by molar-refractivity contribution is 7.26. The summed E-state index contributed by atoms with van der Waals surface area (Å²) in [5, 5.41) is 7.30. The van der Waals surface area contributed by atoms with E-state index in [1.54, 1.807) is 0 Å². The van der Waals surface area contributed by atoms with Crippen LogP contribution in [0.2, 0.25) is 0 Å². The highest BCUT2D eigenvalue weighted by Crippen LogP contribution is 2.48. The van der Waals surface area contributed by atoms with Crippen molar-refractivity contribution in [3.8, 4) is 44.5 Å². The Bertz CT molecular complexity index is 3590. The average molecular weight is 796 g/mol. The third-order valence-corrected chi connectivity index (χ3v) is 13.3. The van der Waals surface area contributed by atoms with Crippen molar-refractivity contribution in [3.05, 3.63) is 224 Å². The van der Waals surface area contributed by atoms with Crippen LogP contribution in [0.4, 0.5) is 17.1 Å². The molecular weight excluding hydrogens is 759 g/mol. The summed E-state index contributed by atoms with van der Waals surface area (Å²) in [7, 11) is 0. The van der Waals surface area contributed by atoms with Gasteiger partial charge in [-0.3, -0.25) is 0 Å². The summed E-state index contributed by atoms with van der Waals surface area (Å²) in [6, 6.07) is 81.2. The second kappa shape index (κ2) is 14.5. The molecule has 12 rings (SSSR count). The van der Waals surface area contributed by atoms with Crippen LogP contribution < -0.4 is 4.90 Å². The van der Waals surface area contributed by atoms with E-state index in [1.165, 1.54) is 58.8 Å². The van der Waals surface area contributed by atoms with E-state index < -0.39 is 0 Å². The van der Waals surface area contributed by atoms with Crippen molar-refractivity contribution in [2.75, 3.05) is 4.90 Å². The maximum absolute atomic E-state index is 6.44. The summed E-state index contributed by atoms with van der Waals surface area (Å²) >= 11 is 1.87. The summed E-state index contributed by atoms with van der Waals surface area (Å²) in [4.78, 5) is 2.45. The van der Waals surface area contributed by atoms with Gasteiger partial charge in [-0.15, -0.1) is 11.3 Å². The minimum atomic E-state index is 0.879. The Morgan fingerprint density at radius 2 is 0.918 bits per heavy atom. The van der Waals surface area contributed by atoms with Gasteiger partial charge in [0, 0.05) is 47.8 Å². The molecule has 0 fully saturated rings. The van der Waals surface area contributed by atoms with Crippen molar-refractivity contribution in [1.29, 1.82) is 0 Å². The van der Waals surface area contributed by atoms with Crippen molar-refractivity contribution < 1.29 is 4.42 Å². The van der Waals surface area contributed by atoms with Gasteiger partial charge in [0.2, 0.25) is 0 Å². The van der Waals surface area contributed by atoms with Gasteiger partial charge in [-0.2, -0.15) is 0 Å². The number of rotatable bonds is 7. The predicted molar refractivity (Wildman–Crippen MR) is 261 cm³/mol. The summed E-state index contributed by atoms with van der Waals surface area (Å²) in [5.74, 6) is 0. The second-order valence-electron chi connectivity index (χ2n) is 15.6. The van der Waals surface area contributed by atoms with Crippen LogP contribution in [-0.2, 0) is 0 Å². The van der Waals surface area contributed by atoms with Crippen LogP contribution in [0.1, 0.15) is 0 Å². The van der Waals surface area contributed by atoms with Gasteiger partial charge >= 0.3 is 0 Å². The molecule has 3 heteroatoms. The molecule has 0 atom stereocenters. The lowest BCUT2D eigenvalue weighted by Crippen LogP contribution is -2.12. The molecule has 0 N–H and O–H groups in total. The molecule has 12 aromatic rings. The second-order valence-corrected chi connectivity index (χ2v) is 16.6. The number of hydrogen-bond acceptors (Lipinski definition) is 3. The molecule has 0 bridgehead atoms. The molecule has 2 aromatic heterocycles. The summed E-state index contributed by atoms with van der Waals surface area (Å²) in [5.41, 5.74) is 14.4. The summed E-state index contributed by atoms with van der Waals surface area (Å²) < 4.78 is 9.07. The molecule has 10 aromatic carbocycles.